The Hall–Kier alpha value is -0.120. The van der Waals surface area contributed by atoms with Gasteiger partial charge in [0.25, 0.3) is 0 Å². The van der Waals surface area contributed by atoms with Crippen molar-refractivity contribution in [3.8, 4) is 0 Å². The molecule has 2 saturated heterocycles. The highest BCUT2D eigenvalue weighted by Crippen LogP contribution is 2.39. The molecular formula is C17H31NO2. The summed E-state index contributed by atoms with van der Waals surface area (Å²) in [5.41, 5.74) is 0.185. The Labute approximate surface area is 123 Å². The molecule has 1 aliphatic carbocycles. The maximum atomic E-state index is 6.19. The number of rotatable bonds is 4. The zero-order chi connectivity index (χ0) is 13.7. The third-order valence-corrected chi connectivity index (χ3v) is 5.44. The Morgan fingerprint density at radius 2 is 1.95 bits per heavy atom. The lowest BCUT2D eigenvalue weighted by molar-refractivity contribution is -0.148. The second-order valence-corrected chi connectivity index (χ2v) is 7.01. The predicted molar refractivity (Wildman–Crippen MR) is 81.0 cm³/mol. The number of nitrogens with one attached hydrogen (secondary N) is 1. The molecule has 2 heterocycles. The van der Waals surface area contributed by atoms with Crippen molar-refractivity contribution in [1.82, 2.24) is 5.32 Å². The summed E-state index contributed by atoms with van der Waals surface area (Å²) in [7, 11) is 0. The third kappa shape index (κ3) is 3.96. The first kappa shape index (κ1) is 14.8. The summed E-state index contributed by atoms with van der Waals surface area (Å²) in [4.78, 5) is 0. The summed E-state index contributed by atoms with van der Waals surface area (Å²) in [6.07, 6.45) is 14.6. The molecule has 2 unspecified atom stereocenters. The van der Waals surface area contributed by atoms with Crippen LogP contribution in [0.15, 0.2) is 0 Å². The highest BCUT2D eigenvalue weighted by molar-refractivity contribution is 4.90. The molecule has 3 nitrogen and oxygen atoms in total. The van der Waals surface area contributed by atoms with Gasteiger partial charge in [-0.1, -0.05) is 25.7 Å². The van der Waals surface area contributed by atoms with Gasteiger partial charge in [0.05, 0.1) is 11.7 Å². The van der Waals surface area contributed by atoms with E-state index >= 15 is 0 Å². The van der Waals surface area contributed by atoms with E-state index in [9.17, 15) is 0 Å². The Balaban J connectivity index is 1.38. The van der Waals surface area contributed by atoms with Crippen LogP contribution >= 0.6 is 0 Å². The second kappa shape index (κ2) is 7.24. The van der Waals surface area contributed by atoms with Crippen LogP contribution in [0.4, 0.5) is 0 Å². The Morgan fingerprint density at radius 3 is 2.75 bits per heavy atom. The molecule has 0 radical (unpaired) electrons. The fraction of sp³-hybridized carbons (Fsp3) is 1.00. The number of piperidine rings is 1. The van der Waals surface area contributed by atoms with Crippen LogP contribution in [-0.4, -0.2) is 37.5 Å². The van der Waals surface area contributed by atoms with Crippen molar-refractivity contribution in [2.45, 2.75) is 88.4 Å². The average molecular weight is 281 g/mol. The van der Waals surface area contributed by atoms with Gasteiger partial charge in [-0.05, 0) is 45.1 Å². The lowest BCUT2D eigenvalue weighted by Crippen LogP contribution is -2.44. The van der Waals surface area contributed by atoms with Gasteiger partial charge in [-0.3, -0.25) is 0 Å². The Morgan fingerprint density at radius 1 is 1.05 bits per heavy atom. The SMILES string of the molecule is C1CCC2(CC1)CC(OCCC1CCCCN1)CCO2. The minimum absolute atomic E-state index is 0.185. The second-order valence-electron chi connectivity index (χ2n) is 7.01. The van der Waals surface area contributed by atoms with Gasteiger partial charge in [0.1, 0.15) is 0 Å². The standard InChI is InChI=1S/C17H31NO2/c1-3-9-17(10-4-1)14-16(8-13-20-17)19-12-7-15-6-2-5-11-18-15/h15-16,18H,1-14H2. The molecule has 2 aliphatic heterocycles. The van der Waals surface area contributed by atoms with Gasteiger partial charge in [-0.25, -0.2) is 0 Å². The van der Waals surface area contributed by atoms with Gasteiger partial charge < -0.3 is 14.8 Å². The van der Waals surface area contributed by atoms with Crippen molar-refractivity contribution in [3.05, 3.63) is 0 Å². The van der Waals surface area contributed by atoms with E-state index in [-0.39, 0.29) is 5.60 Å². The Bertz CT molecular complexity index is 277. The van der Waals surface area contributed by atoms with Crippen molar-refractivity contribution < 1.29 is 9.47 Å². The quantitative estimate of drug-likeness (QED) is 0.856. The predicted octanol–water partition coefficient (Wildman–Crippen LogP) is 3.42. The van der Waals surface area contributed by atoms with Crippen LogP contribution in [-0.2, 0) is 9.47 Å². The van der Waals surface area contributed by atoms with Crippen molar-refractivity contribution in [2.75, 3.05) is 19.8 Å². The van der Waals surface area contributed by atoms with Gasteiger partial charge in [0.2, 0.25) is 0 Å². The van der Waals surface area contributed by atoms with E-state index in [1.165, 1.54) is 64.3 Å². The van der Waals surface area contributed by atoms with Crippen LogP contribution in [0, 0.1) is 0 Å². The maximum Gasteiger partial charge on any atom is 0.0707 e. The molecular weight excluding hydrogens is 250 g/mol. The van der Waals surface area contributed by atoms with E-state index < -0.39 is 0 Å². The summed E-state index contributed by atoms with van der Waals surface area (Å²) < 4.78 is 12.3. The van der Waals surface area contributed by atoms with Crippen LogP contribution in [0.2, 0.25) is 0 Å². The molecule has 2 atom stereocenters. The van der Waals surface area contributed by atoms with Crippen LogP contribution in [0.5, 0.6) is 0 Å². The minimum Gasteiger partial charge on any atom is -0.378 e. The minimum atomic E-state index is 0.185. The molecule has 3 rings (SSSR count). The summed E-state index contributed by atoms with van der Waals surface area (Å²) in [5, 5.41) is 3.61. The molecule has 0 aromatic rings. The van der Waals surface area contributed by atoms with Crippen LogP contribution < -0.4 is 5.32 Å². The van der Waals surface area contributed by atoms with Crippen molar-refractivity contribution in [3.63, 3.8) is 0 Å². The molecule has 3 aliphatic rings. The molecule has 20 heavy (non-hydrogen) atoms. The van der Waals surface area contributed by atoms with Crippen LogP contribution in [0.25, 0.3) is 0 Å². The highest BCUT2D eigenvalue weighted by atomic mass is 16.5. The molecule has 1 saturated carbocycles. The van der Waals surface area contributed by atoms with E-state index in [1.54, 1.807) is 0 Å². The molecule has 0 aromatic carbocycles. The van der Waals surface area contributed by atoms with E-state index in [0.717, 1.165) is 26.1 Å². The molecule has 0 amide bonds. The van der Waals surface area contributed by atoms with Crippen molar-refractivity contribution >= 4 is 0 Å². The van der Waals surface area contributed by atoms with Gasteiger partial charge in [-0.2, -0.15) is 0 Å². The van der Waals surface area contributed by atoms with E-state index in [2.05, 4.69) is 5.32 Å². The fourth-order valence-corrected chi connectivity index (χ4v) is 4.22. The highest BCUT2D eigenvalue weighted by Gasteiger charge is 2.38. The number of hydrogen-bond donors (Lipinski definition) is 1. The van der Waals surface area contributed by atoms with Crippen LogP contribution in [0.1, 0.15) is 70.6 Å². The molecule has 1 N–H and O–H groups in total. The first-order chi connectivity index (χ1) is 9.86. The summed E-state index contributed by atoms with van der Waals surface area (Å²) in [6, 6.07) is 0.701. The largest absolute Gasteiger partial charge is 0.378 e. The molecule has 3 fully saturated rings. The van der Waals surface area contributed by atoms with Crippen LogP contribution in [0.3, 0.4) is 0 Å². The number of ether oxygens (including phenoxy) is 2. The van der Waals surface area contributed by atoms with E-state index in [4.69, 9.17) is 9.47 Å². The topological polar surface area (TPSA) is 30.5 Å². The van der Waals surface area contributed by atoms with Gasteiger partial charge in [0, 0.05) is 25.7 Å². The van der Waals surface area contributed by atoms with E-state index in [0.29, 0.717) is 12.1 Å². The molecule has 3 heteroatoms. The van der Waals surface area contributed by atoms with Crippen molar-refractivity contribution in [2.24, 2.45) is 0 Å². The Kier molecular flexibility index (Phi) is 5.36. The third-order valence-electron chi connectivity index (χ3n) is 5.44. The summed E-state index contributed by atoms with van der Waals surface area (Å²) >= 11 is 0. The average Bonchev–Trinajstić information content (AvgIpc) is 2.49. The number of hydrogen-bond acceptors (Lipinski definition) is 3. The van der Waals surface area contributed by atoms with Crippen molar-refractivity contribution in [1.29, 1.82) is 0 Å². The van der Waals surface area contributed by atoms with Gasteiger partial charge in [0.15, 0.2) is 0 Å². The fourth-order valence-electron chi connectivity index (χ4n) is 4.22. The zero-order valence-corrected chi connectivity index (χ0v) is 12.9. The maximum absolute atomic E-state index is 6.19. The first-order valence-electron chi connectivity index (χ1n) is 8.85. The van der Waals surface area contributed by atoms with Gasteiger partial charge in [-0.15, -0.1) is 0 Å². The summed E-state index contributed by atoms with van der Waals surface area (Å²) in [5.74, 6) is 0. The van der Waals surface area contributed by atoms with Gasteiger partial charge >= 0.3 is 0 Å². The lowest BCUT2D eigenvalue weighted by Gasteiger charge is -2.43. The van der Waals surface area contributed by atoms with E-state index in [1.807, 2.05) is 0 Å². The molecule has 116 valence electrons. The normalized spacial score (nSPS) is 34.2. The smallest absolute Gasteiger partial charge is 0.0707 e. The summed E-state index contributed by atoms with van der Waals surface area (Å²) in [6.45, 7) is 3.04. The molecule has 0 bridgehead atoms. The first-order valence-corrected chi connectivity index (χ1v) is 8.85. The zero-order valence-electron chi connectivity index (χ0n) is 12.9. The monoisotopic (exact) mass is 281 g/mol. The molecule has 1 spiro atoms. The lowest BCUT2D eigenvalue weighted by atomic mass is 9.79. The molecule has 0 aromatic heterocycles.